The number of H-pyrrole nitrogens is 1. The van der Waals surface area contributed by atoms with Crippen molar-refractivity contribution in [1.82, 2.24) is 9.88 Å². The fraction of sp³-hybridized carbons (Fsp3) is 0.600. The molecule has 0 aliphatic carbocycles. The van der Waals surface area contributed by atoms with Crippen molar-refractivity contribution in [2.75, 3.05) is 13.2 Å². The van der Waals surface area contributed by atoms with Gasteiger partial charge in [-0.2, -0.15) is 0 Å². The van der Waals surface area contributed by atoms with Gasteiger partial charge < -0.3 is 15.0 Å². The highest BCUT2D eigenvalue weighted by Crippen LogP contribution is 2.19. The second kappa shape index (κ2) is 6.22. The standard InChI is InChI=1S/C15H22N2O3/c1-10-8-11(2)16-14(19)13(10)15(20)17-7-5-3-4-6-12(17)9-18/h8,12,18H,3-7,9H2,1-2H3,(H,16,19). The zero-order valence-electron chi connectivity index (χ0n) is 12.1. The van der Waals surface area contributed by atoms with Gasteiger partial charge in [0.25, 0.3) is 11.5 Å². The molecular weight excluding hydrogens is 256 g/mol. The molecule has 1 unspecified atom stereocenters. The molecule has 2 N–H and O–H groups in total. The molecular formula is C15H22N2O3. The number of aryl methyl sites for hydroxylation is 2. The van der Waals surface area contributed by atoms with E-state index in [1.165, 1.54) is 0 Å². The summed E-state index contributed by atoms with van der Waals surface area (Å²) in [5.41, 5.74) is 1.31. The van der Waals surface area contributed by atoms with E-state index in [2.05, 4.69) is 4.98 Å². The zero-order chi connectivity index (χ0) is 14.7. The Morgan fingerprint density at radius 1 is 1.40 bits per heavy atom. The second-order valence-electron chi connectivity index (χ2n) is 5.52. The molecule has 1 fully saturated rings. The normalized spacial score (nSPS) is 19.8. The summed E-state index contributed by atoms with van der Waals surface area (Å²) in [6.45, 7) is 4.14. The molecule has 1 aromatic rings. The van der Waals surface area contributed by atoms with Crippen molar-refractivity contribution in [3.63, 3.8) is 0 Å². The molecule has 5 heteroatoms. The molecule has 1 aliphatic rings. The lowest BCUT2D eigenvalue weighted by molar-refractivity contribution is 0.0597. The summed E-state index contributed by atoms with van der Waals surface area (Å²) in [6, 6.07) is 1.63. The fourth-order valence-corrected chi connectivity index (χ4v) is 2.90. The molecule has 1 aliphatic heterocycles. The molecule has 1 aromatic heterocycles. The van der Waals surface area contributed by atoms with Crippen LogP contribution in [0.2, 0.25) is 0 Å². The van der Waals surface area contributed by atoms with Crippen LogP contribution in [-0.2, 0) is 0 Å². The minimum Gasteiger partial charge on any atom is -0.394 e. The van der Waals surface area contributed by atoms with E-state index in [0.717, 1.165) is 31.4 Å². The summed E-state index contributed by atoms with van der Waals surface area (Å²) in [4.78, 5) is 29.1. The third kappa shape index (κ3) is 2.93. The van der Waals surface area contributed by atoms with Gasteiger partial charge in [-0.05, 0) is 38.3 Å². The molecule has 20 heavy (non-hydrogen) atoms. The number of aromatic nitrogens is 1. The number of hydrogen-bond donors (Lipinski definition) is 2. The van der Waals surface area contributed by atoms with E-state index in [0.29, 0.717) is 12.1 Å². The SMILES string of the molecule is Cc1cc(C)c(C(=O)N2CCCCCC2CO)c(=O)[nH]1. The molecule has 1 saturated heterocycles. The Morgan fingerprint density at radius 2 is 2.15 bits per heavy atom. The summed E-state index contributed by atoms with van der Waals surface area (Å²) in [6.07, 6.45) is 3.79. The van der Waals surface area contributed by atoms with Crippen molar-refractivity contribution in [2.45, 2.75) is 45.6 Å². The third-order valence-corrected chi connectivity index (χ3v) is 3.93. The maximum absolute atomic E-state index is 12.7. The van der Waals surface area contributed by atoms with Gasteiger partial charge in [0, 0.05) is 12.2 Å². The van der Waals surface area contributed by atoms with E-state index >= 15 is 0 Å². The molecule has 0 aromatic carbocycles. The van der Waals surface area contributed by atoms with Gasteiger partial charge in [0.05, 0.1) is 12.6 Å². The number of aliphatic hydroxyl groups is 1. The summed E-state index contributed by atoms with van der Waals surface area (Å²) >= 11 is 0. The Hall–Kier alpha value is -1.62. The zero-order valence-corrected chi connectivity index (χ0v) is 12.1. The van der Waals surface area contributed by atoms with Crippen LogP contribution in [0.4, 0.5) is 0 Å². The molecule has 2 rings (SSSR count). The van der Waals surface area contributed by atoms with Crippen LogP contribution < -0.4 is 5.56 Å². The molecule has 110 valence electrons. The number of likely N-dealkylation sites (tertiary alicyclic amines) is 1. The summed E-state index contributed by atoms with van der Waals surface area (Å²) in [7, 11) is 0. The average molecular weight is 278 g/mol. The Morgan fingerprint density at radius 3 is 2.80 bits per heavy atom. The van der Waals surface area contributed by atoms with E-state index < -0.39 is 0 Å². The number of aliphatic hydroxyl groups excluding tert-OH is 1. The van der Waals surface area contributed by atoms with Gasteiger partial charge in [0.15, 0.2) is 0 Å². The molecule has 1 amide bonds. The Kier molecular flexibility index (Phi) is 4.60. The van der Waals surface area contributed by atoms with Gasteiger partial charge >= 0.3 is 0 Å². The largest absolute Gasteiger partial charge is 0.394 e. The van der Waals surface area contributed by atoms with Crippen LogP contribution in [-0.4, -0.2) is 40.1 Å². The van der Waals surface area contributed by atoms with Crippen molar-refractivity contribution in [3.05, 3.63) is 33.2 Å². The first-order valence-corrected chi connectivity index (χ1v) is 7.17. The first kappa shape index (κ1) is 14.8. The number of pyridine rings is 1. The fourth-order valence-electron chi connectivity index (χ4n) is 2.90. The van der Waals surface area contributed by atoms with Crippen LogP contribution in [0.15, 0.2) is 10.9 Å². The minimum atomic E-state index is -0.339. The molecule has 0 bridgehead atoms. The topological polar surface area (TPSA) is 73.4 Å². The number of hydrogen-bond acceptors (Lipinski definition) is 3. The lowest BCUT2D eigenvalue weighted by Crippen LogP contribution is -2.44. The number of carbonyl (C=O) groups is 1. The number of amides is 1. The van der Waals surface area contributed by atoms with E-state index in [9.17, 15) is 14.7 Å². The van der Waals surface area contributed by atoms with Gasteiger partial charge in [-0.15, -0.1) is 0 Å². The van der Waals surface area contributed by atoms with Crippen LogP contribution in [0.1, 0.15) is 47.3 Å². The van der Waals surface area contributed by atoms with Gasteiger partial charge in [0.1, 0.15) is 5.56 Å². The highest BCUT2D eigenvalue weighted by molar-refractivity contribution is 5.95. The Bertz CT molecular complexity index is 551. The van der Waals surface area contributed by atoms with E-state index in [1.54, 1.807) is 24.8 Å². The lowest BCUT2D eigenvalue weighted by atomic mass is 10.1. The molecule has 5 nitrogen and oxygen atoms in total. The Labute approximate surface area is 118 Å². The summed E-state index contributed by atoms with van der Waals surface area (Å²) in [5.74, 6) is -0.260. The van der Waals surface area contributed by atoms with Crippen LogP contribution in [0.5, 0.6) is 0 Å². The van der Waals surface area contributed by atoms with Crippen molar-refractivity contribution in [3.8, 4) is 0 Å². The van der Waals surface area contributed by atoms with Crippen molar-refractivity contribution < 1.29 is 9.90 Å². The number of aromatic amines is 1. The quantitative estimate of drug-likeness (QED) is 0.858. The molecule has 0 radical (unpaired) electrons. The maximum atomic E-state index is 12.7. The third-order valence-electron chi connectivity index (χ3n) is 3.93. The van der Waals surface area contributed by atoms with Crippen molar-refractivity contribution in [1.29, 1.82) is 0 Å². The van der Waals surface area contributed by atoms with E-state index in [4.69, 9.17) is 0 Å². The van der Waals surface area contributed by atoms with E-state index in [1.807, 2.05) is 0 Å². The second-order valence-corrected chi connectivity index (χ2v) is 5.52. The first-order valence-electron chi connectivity index (χ1n) is 7.17. The van der Waals surface area contributed by atoms with Gasteiger partial charge in [-0.1, -0.05) is 12.8 Å². The predicted molar refractivity (Wildman–Crippen MR) is 76.9 cm³/mol. The highest BCUT2D eigenvalue weighted by atomic mass is 16.3. The van der Waals surface area contributed by atoms with Crippen LogP contribution in [0.25, 0.3) is 0 Å². The number of rotatable bonds is 2. The number of nitrogens with zero attached hydrogens (tertiary/aromatic N) is 1. The van der Waals surface area contributed by atoms with Crippen LogP contribution >= 0.6 is 0 Å². The highest BCUT2D eigenvalue weighted by Gasteiger charge is 2.28. The summed E-state index contributed by atoms with van der Waals surface area (Å²) < 4.78 is 0. The lowest BCUT2D eigenvalue weighted by Gasteiger charge is -2.28. The molecule has 2 heterocycles. The maximum Gasteiger partial charge on any atom is 0.261 e. The van der Waals surface area contributed by atoms with Crippen LogP contribution in [0, 0.1) is 13.8 Å². The van der Waals surface area contributed by atoms with Gasteiger partial charge in [-0.25, -0.2) is 0 Å². The minimum absolute atomic E-state index is 0.0471. The molecule has 1 atom stereocenters. The van der Waals surface area contributed by atoms with Crippen LogP contribution in [0.3, 0.4) is 0 Å². The average Bonchev–Trinajstić information content (AvgIpc) is 2.62. The van der Waals surface area contributed by atoms with Gasteiger partial charge in [0.2, 0.25) is 0 Å². The monoisotopic (exact) mass is 278 g/mol. The molecule has 0 saturated carbocycles. The van der Waals surface area contributed by atoms with Crippen molar-refractivity contribution >= 4 is 5.91 Å². The predicted octanol–water partition coefficient (Wildman–Crippen LogP) is 1.37. The molecule has 0 spiro atoms. The van der Waals surface area contributed by atoms with Gasteiger partial charge in [-0.3, -0.25) is 9.59 Å². The smallest absolute Gasteiger partial charge is 0.261 e. The first-order chi connectivity index (χ1) is 9.54. The summed E-state index contributed by atoms with van der Waals surface area (Å²) in [5, 5.41) is 9.49. The van der Waals surface area contributed by atoms with E-state index in [-0.39, 0.29) is 29.7 Å². The number of carbonyl (C=O) groups excluding carboxylic acids is 1. The number of nitrogens with one attached hydrogen (secondary N) is 1. The van der Waals surface area contributed by atoms with Crippen molar-refractivity contribution in [2.24, 2.45) is 0 Å². The Balaban J connectivity index is 2.36.